The summed E-state index contributed by atoms with van der Waals surface area (Å²) in [5.41, 5.74) is 0.603. The van der Waals surface area contributed by atoms with Crippen LogP contribution in [-0.2, 0) is 25.7 Å². The molecule has 0 spiro atoms. The van der Waals surface area contributed by atoms with E-state index < -0.39 is 5.41 Å². The topological polar surface area (TPSA) is 91.1 Å². The van der Waals surface area contributed by atoms with Gasteiger partial charge in [-0.1, -0.05) is 12.8 Å². The molecule has 2 heterocycles. The number of benzene rings is 1. The van der Waals surface area contributed by atoms with Gasteiger partial charge in [0.2, 0.25) is 11.8 Å². The van der Waals surface area contributed by atoms with Gasteiger partial charge in [0.25, 0.3) is 0 Å². The number of hydrogen-bond acceptors (Lipinski definition) is 7. The van der Waals surface area contributed by atoms with Gasteiger partial charge in [-0.05, 0) is 37.1 Å². The Bertz CT molecular complexity index is 895. The molecule has 1 aliphatic heterocycles. The fourth-order valence-electron chi connectivity index (χ4n) is 4.25. The lowest BCUT2D eigenvalue weighted by Crippen LogP contribution is -2.44. The van der Waals surface area contributed by atoms with E-state index in [-0.39, 0.29) is 24.9 Å². The number of carbonyl (C=O) groups is 2. The maximum absolute atomic E-state index is 13.0. The summed E-state index contributed by atoms with van der Waals surface area (Å²) in [6, 6.07) is 7.36. The normalized spacial score (nSPS) is 18.0. The molecule has 8 nitrogen and oxygen atoms in total. The van der Waals surface area contributed by atoms with Crippen LogP contribution in [0.5, 0.6) is 5.75 Å². The average molecular weight is 428 g/mol. The molecule has 1 amide bonds. The van der Waals surface area contributed by atoms with E-state index >= 15 is 0 Å². The molecular formula is C23H28N2O6. The van der Waals surface area contributed by atoms with E-state index in [1.54, 1.807) is 12.0 Å². The minimum Gasteiger partial charge on any atom is -0.497 e. The lowest BCUT2D eigenvalue weighted by atomic mass is 9.82. The molecule has 1 aromatic heterocycles. The Hall–Kier alpha value is -2.87. The van der Waals surface area contributed by atoms with E-state index in [9.17, 15) is 9.59 Å². The number of ether oxygens (including phenoxy) is 3. The third-order valence-electron chi connectivity index (χ3n) is 6.09. The molecule has 0 unspecified atom stereocenters. The van der Waals surface area contributed by atoms with Gasteiger partial charge < -0.3 is 23.5 Å². The molecule has 2 fully saturated rings. The lowest BCUT2D eigenvalue weighted by molar-refractivity contribution is -0.161. The number of nitrogens with zero attached hydrogens (tertiary/aromatic N) is 2. The van der Waals surface area contributed by atoms with Gasteiger partial charge in [0.1, 0.15) is 24.3 Å². The molecule has 8 heteroatoms. The Balaban J connectivity index is 1.37. The van der Waals surface area contributed by atoms with Crippen molar-refractivity contribution in [3.05, 3.63) is 36.2 Å². The minimum absolute atomic E-state index is 0.00498. The standard InChI is InChI=1S/C23H28N2O6/c1-28-19-6-4-17(5-7-19)21-24-18(15-30-21)16-31-22(27)23(8-2-3-9-23)14-20(26)25-10-12-29-13-11-25/h4-7,15H,2-3,8-14,16H2,1H3. The van der Waals surface area contributed by atoms with E-state index in [0.717, 1.165) is 24.2 Å². The monoisotopic (exact) mass is 428 g/mol. The number of aromatic nitrogens is 1. The molecule has 0 radical (unpaired) electrons. The van der Waals surface area contributed by atoms with Gasteiger partial charge in [0.05, 0.1) is 25.7 Å². The molecule has 0 bridgehead atoms. The Morgan fingerprint density at radius 1 is 1.13 bits per heavy atom. The van der Waals surface area contributed by atoms with Crippen molar-refractivity contribution >= 4 is 11.9 Å². The molecule has 31 heavy (non-hydrogen) atoms. The maximum Gasteiger partial charge on any atom is 0.312 e. The van der Waals surface area contributed by atoms with Crippen LogP contribution in [0, 0.1) is 5.41 Å². The SMILES string of the molecule is COc1ccc(-c2nc(COC(=O)C3(CC(=O)N4CCOCC4)CCCC3)co2)cc1. The fraction of sp³-hybridized carbons (Fsp3) is 0.522. The van der Waals surface area contributed by atoms with Crippen LogP contribution in [0.1, 0.15) is 37.8 Å². The summed E-state index contributed by atoms with van der Waals surface area (Å²) in [5.74, 6) is 0.885. The van der Waals surface area contributed by atoms with Crippen LogP contribution >= 0.6 is 0 Å². The van der Waals surface area contributed by atoms with Crippen LogP contribution in [0.15, 0.2) is 34.9 Å². The van der Waals surface area contributed by atoms with Crippen molar-refractivity contribution in [3.63, 3.8) is 0 Å². The zero-order valence-corrected chi connectivity index (χ0v) is 17.8. The number of carbonyl (C=O) groups excluding carboxylic acids is 2. The van der Waals surface area contributed by atoms with Gasteiger partial charge in [-0.2, -0.15) is 0 Å². The van der Waals surface area contributed by atoms with E-state index in [0.29, 0.717) is 50.7 Å². The van der Waals surface area contributed by atoms with Crippen LogP contribution in [0.2, 0.25) is 0 Å². The second-order valence-electron chi connectivity index (χ2n) is 8.11. The molecule has 1 saturated carbocycles. The number of amides is 1. The zero-order valence-electron chi connectivity index (χ0n) is 17.8. The maximum atomic E-state index is 13.0. The van der Waals surface area contributed by atoms with Gasteiger partial charge in [0, 0.05) is 25.1 Å². The van der Waals surface area contributed by atoms with Crippen molar-refractivity contribution in [1.29, 1.82) is 0 Å². The highest BCUT2D eigenvalue weighted by atomic mass is 16.5. The van der Waals surface area contributed by atoms with Crippen molar-refractivity contribution in [2.24, 2.45) is 5.41 Å². The van der Waals surface area contributed by atoms with Gasteiger partial charge in [-0.15, -0.1) is 0 Å². The molecule has 2 aliphatic rings. The third-order valence-corrected chi connectivity index (χ3v) is 6.09. The molecule has 2 aromatic rings. The lowest BCUT2D eigenvalue weighted by Gasteiger charge is -2.31. The van der Waals surface area contributed by atoms with Crippen molar-refractivity contribution in [1.82, 2.24) is 9.88 Å². The van der Waals surface area contributed by atoms with Crippen LogP contribution in [0.25, 0.3) is 11.5 Å². The predicted octanol–water partition coefficient (Wildman–Crippen LogP) is 3.20. The molecule has 1 saturated heterocycles. The second-order valence-corrected chi connectivity index (χ2v) is 8.11. The first kappa shape index (κ1) is 21.4. The van der Waals surface area contributed by atoms with Crippen molar-refractivity contribution in [3.8, 4) is 17.2 Å². The van der Waals surface area contributed by atoms with Crippen LogP contribution in [0.3, 0.4) is 0 Å². The summed E-state index contributed by atoms with van der Waals surface area (Å²) >= 11 is 0. The Kier molecular flexibility index (Phi) is 6.56. The predicted molar refractivity (Wildman–Crippen MR) is 111 cm³/mol. The van der Waals surface area contributed by atoms with Crippen LogP contribution in [-0.4, -0.2) is 55.2 Å². The highest BCUT2D eigenvalue weighted by Crippen LogP contribution is 2.43. The van der Waals surface area contributed by atoms with Gasteiger partial charge in [-0.25, -0.2) is 4.98 Å². The molecule has 0 atom stereocenters. The smallest absolute Gasteiger partial charge is 0.312 e. The van der Waals surface area contributed by atoms with Crippen LogP contribution in [0.4, 0.5) is 0 Å². The zero-order chi connectivity index (χ0) is 21.7. The molecule has 1 aromatic carbocycles. The van der Waals surface area contributed by atoms with E-state index in [2.05, 4.69) is 4.98 Å². The number of esters is 1. The summed E-state index contributed by atoms with van der Waals surface area (Å²) in [4.78, 5) is 32.0. The number of morpholine rings is 1. The first-order valence-corrected chi connectivity index (χ1v) is 10.7. The van der Waals surface area contributed by atoms with E-state index in [4.69, 9.17) is 18.6 Å². The number of rotatable bonds is 7. The Morgan fingerprint density at radius 3 is 2.52 bits per heavy atom. The van der Waals surface area contributed by atoms with Crippen molar-refractivity contribution < 1.29 is 28.2 Å². The quantitative estimate of drug-likeness (QED) is 0.626. The largest absolute Gasteiger partial charge is 0.497 e. The summed E-state index contributed by atoms with van der Waals surface area (Å²) in [7, 11) is 1.61. The van der Waals surface area contributed by atoms with Gasteiger partial charge in [0.15, 0.2) is 0 Å². The minimum atomic E-state index is -0.738. The Morgan fingerprint density at radius 2 is 1.84 bits per heavy atom. The van der Waals surface area contributed by atoms with Gasteiger partial charge >= 0.3 is 5.97 Å². The first-order valence-electron chi connectivity index (χ1n) is 10.7. The molecule has 4 rings (SSSR count). The number of methoxy groups -OCH3 is 1. The fourth-order valence-corrected chi connectivity index (χ4v) is 4.25. The van der Waals surface area contributed by atoms with Crippen molar-refractivity contribution in [2.75, 3.05) is 33.4 Å². The summed E-state index contributed by atoms with van der Waals surface area (Å²) in [5, 5.41) is 0. The third kappa shape index (κ3) is 4.90. The highest BCUT2D eigenvalue weighted by molar-refractivity contribution is 5.86. The van der Waals surface area contributed by atoms with Gasteiger partial charge in [-0.3, -0.25) is 9.59 Å². The highest BCUT2D eigenvalue weighted by Gasteiger charge is 2.45. The number of hydrogen-bond donors (Lipinski definition) is 0. The van der Waals surface area contributed by atoms with E-state index in [1.807, 2.05) is 24.3 Å². The average Bonchev–Trinajstić information content (AvgIpc) is 3.49. The first-order chi connectivity index (χ1) is 15.1. The number of oxazole rings is 1. The molecular weight excluding hydrogens is 400 g/mol. The van der Waals surface area contributed by atoms with Crippen molar-refractivity contribution in [2.45, 2.75) is 38.7 Å². The molecule has 166 valence electrons. The Labute approximate surface area is 181 Å². The molecule has 0 N–H and O–H groups in total. The summed E-state index contributed by atoms with van der Waals surface area (Å²) in [6.07, 6.45) is 4.90. The molecule has 1 aliphatic carbocycles. The summed E-state index contributed by atoms with van der Waals surface area (Å²) in [6.45, 7) is 2.28. The van der Waals surface area contributed by atoms with Crippen LogP contribution < -0.4 is 4.74 Å². The summed E-state index contributed by atoms with van der Waals surface area (Å²) < 4.78 is 21.6. The van der Waals surface area contributed by atoms with E-state index in [1.165, 1.54) is 6.26 Å². The second kappa shape index (κ2) is 9.51.